The van der Waals surface area contributed by atoms with Gasteiger partial charge < -0.3 is 0 Å². The van der Waals surface area contributed by atoms with Crippen LogP contribution < -0.4 is 0 Å². The minimum Gasteiger partial charge on any atom is -0.206 e. The van der Waals surface area contributed by atoms with Crippen LogP contribution in [0.1, 0.15) is 85.5 Å². The smallest absolute Gasteiger partial charge is 0.159 e. The lowest BCUT2D eigenvalue weighted by Gasteiger charge is -2.38. The lowest BCUT2D eigenvalue weighted by molar-refractivity contribution is 0.156. The van der Waals surface area contributed by atoms with E-state index in [2.05, 4.69) is 6.92 Å². The van der Waals surface area contributed by atoms with Gasteiger partial charge in [0.05, 0.1) is 5.56 Å². The van der Waals surface area contributed by atoms with Crippen LogP contribution in [0.5, 0.6) is 0 Å². The maximum atomic E-state index is 14.8. The molecule has 0 N–H and O–H groups in total. The first-order chi connectivity index (χ1) is 15.0. The predicted octanol–water partition coefficient (Wildman–Crippen LogP) is 9.28. The van der Waals surface area contributed by atoms with Gasteiger partial charge in [-0.05, 0) is 97.6 Å². The van der Waals surface area contributed by atoms with Gasteiger partial charge in [0.1, 0.15) is 11.6 Å². The maximum Gasteiger partial charge on any atom is 0.159 e. The van der Waals surface area contributed by atoms with E-state index < -0.39 is 23.3 Å². The van der Waals surface area contributed by atoms with Gasteiger partial charge in [-0.3, -0.25) is 0 Å². The van der Waals surface area contributed by atoms with Crippen LogP contribution in [0.2, 0.25) is 0 Å². The number of halogens is 4. The highest BCUT2D eigenvalue weighted by Crippen LogP contribution is 2.45. The van der Waals surface area contributed by atoms with Gasteiger partial charge >= 0.3 is 0 Å². The molecule has 0 radical (unpaired) electrons. The van der Waals surface area contributed by atoms with Crippen LogP contribution in [0.25, 0.3) is 11.1 Å². The zero-order valence-electron chi connectivity index (χ0n) is 18.3. The summed E-state index contributed by atoms with van der Waals surface area (Å²) < 4.78 is 56.3. The molecule has 4 heteroatoms. The topological polar surface area (TPSA) is 0 Å². The highest BCUT2D eigenvalue weighted by molar-refractivity contribution is 5.65. The van der Waals surface area contributed by atoms with Crippen LogP contribution in [0.4, 0.5) is 17.6 Å². The molecule has 2 aliphatic rings. The van der Waals surface area contributed by atoms with E-state index in [4.69, 9.17) is 0 Å². The minimum absolute atomic E-state index is 0. The average molecular weight is 437 g/mol. The van der Waals surface area contributed by atoms with E-state index in [1.165, 1.54) is 56.7 Å². The van der Waals surface area contributed by atoms with Crippen molar-refractivity contribution in [3.8, 4) is 11.1 Å². The third-order valence-corrected chi connectivity index (χ3v) is 7.77. The second kappa shape index (κ2) is 9.75. The Kier molecular flexibility index (Phi) is 7.03. The molecule has 0 unspecified atom stereocenters. The molecule has 0 saturated heterocycles. The molecule has 2 aromatic rings. The predicted molar refractivity (Wildman–Crippen MR) is 121 cm³/mol. The van der Waals surface area contributed by atoms with Gasteiger partial charge in [0.15, 0.2) is 11.6 Å². The van der Waals surface area contributed by atoms with Crippen molar-refractivity contribution in [2.24, 2.45) is 17.8 Å². The molecule has 0 spiro atoms. The van der Waals surface area contributed by atoms with E-state index in [-0.39, 0.29) is 19.9 Å². The number of hydrogen-bond donors (Lipinski definition) is 0. The molecule has 0 heterocycles. The Morgan fingerprint density at radius 2 is 1.29 bits per heavy atom. The Bertz CT molecular complexity index is 878. The summed E-state index contributed by atoms with van der Waals surface area (Å²) in [4.78, 5) is 0. The van der Waals surface area contributed by atoms with E-state index in [9.17, 15) is 17.6 Å². The summed E-state index contributed by atoms with van der Waals surface area (Å²) in [5, 5.41) is 0. The molecule has 2 aromatic carbocycles. The largest absolute Gasteiger partial charge is 0.206 e. The molecule has 0 aliphatic heterocycles. The molecular weight excluding hydrogens is 400 g/mol. The van der Waals surface area contributed by atoms with Gasteiger partial charge in [-0.1, -0.05) is 38.7 Å². The molecule has 0 nitrogen and oxygen atoms in total. The van der Waals surface area contributed by atoms with Crippen molar-refractivity contribution in [3.05, 3.63) is 59.2 Å². The number of rotatable bonds is 5. The number of benzene rings is 2. The Hall–Kier alpha value is -1.84. The zero-order chi connectivity index (χ0) is 22.0. The molecule has 0 atom stereocenters. The highest BCUT2D eigenvalue weighted by atomic mass is 19.2. The normalized spacial score (nSPS) is 26.7. The molecule has 31 heavy (non-hydrogen) atoms. The van der Waals surface area contributed by atoms with Crippen molar-refractivity contribution in [1.82, 2.24) is 0 Å². The summed E-state index contributed by atoms with van der Waals surface area (Å²) in [6.45, 7) is 2.27. The molecule has 4 rings (SSSR count). The zero-order valence-corrected chi connectivity index (χ0v) is 18.3. The Labute approximate surface area is 186 Å². The van der Waals surface area contributed by atoms with E-state index >= 15 is 0 Å². The van der Waals surface area contributed by atoms with Crippen LogP contribution in [0, 0.1) is 41.0 Å². The fraction of sp³-hybridized carbons (Fsp3) is 0.556. The van der Waals surface area contributed by atoms with Crippen LogP contribution in [-0.2, 0) is 0 Å². The SMILES string of the molecule is CCCC1CCC(C2CCC(c3cc(F)c(-c4ccc(F)c(F)c4)c(F)c3)CC2)CC1.[HH].[HH]. The van der Waals surface area contributed by atoms with Crippen LogP contribution in [0.15, 0.2) is 30.3 Å². The molecule has 0 aromatic heterocycles. The van der Waals surface area contributed by atoms with E-state index in [0.29, 0.717) is 5.56 Å². The summed E-state index contributed by atoms with van der Waals surface area (Å²) >= 11 is 0. The molecule has 2 aliphatic carbocycles. The third-order valence-electron chi connectivity index (χ3n) is 7.77. The monoisotopic (exact) mass is 436 g/mol. The van der Waals surface area contributed by atoms with Crippen molar-refractivity contribution in [2.75, 3.05) is 0 Å². The average Bonchev–Trinajstić information content (AvgIpc) is 2.76. The van der Waals surface area contributed by atoms with E-state index in [1.807, 2.05) is 0 Å². The molecule has 0 amide bonds. The summed E-state index contributed by atoms with van der Waals surface area (Å²) in [5.41, 5.74) is 0.412. The first kappa shape index (κ1) is 22.4. The van der Waals surface area contributed by atoms with Crippen molar-refractivity contribution >= 4 is 0 Å². The van der Waals surface area contributed by atoms with Crippen LogP contribution in [-0.4, -0.2) is 0 Å². The molecule has 0 bridgehead atoms. The fourth-order valence-corrected chi connectivity index (χ4v) is 6.04. The number of hydrogen-bond acceptors (Lipinski definition) is 0. The van der Waals surface area contributed by atoms with Gasteiger partial charge in [0.25, 0.3) is 0 Å². The van der Waals surface area contributed by atoms with Gasteiger partial charge in [-0.15, -0.1) is 0 Å². The summed E-state index contributed by atoms with van der Waals surface area (Å²) in [6, 6.07) is 5.73. The summed E-state index contributed by atoms with van der Waals surface area (Å²) in [7, 11) is 0. The summed E-state index contributed by atoms with van der Waals surface area (Å²) in [5.74, 6) is -0.922. The van der Waals surface area contributed by atoms with Gasteiger partial charge in [-0.25, -0.2) is 17.6 Å². The second-order valence-electron chi connectivity index (χ2n) is 9.67. The third kappa shape index (κ3) is 4.99. The van der Waals surface area contributed by atoms with Crippen LogP contribution >= 0.6 is 0 Å². The van der Waals surface area contributed by atoms with Gasteiger partial charge in [0, 0.05) is 2.85 Å². The molecular formula is C27H36F4. The Balaban J connectivity index is 0.00000193. The minimum atomic E-state index is -1.11. The lowest BCUT2D eigenvalue weighted by atomic mass is 9.68. The van der Waals surface area contributed by atoms with E-state index in [0.717, 1.165) is 55.6 Å². The summed E-state index contributed by atoms with van der Waals surface area (Å²) in [6.07, 6.45) is 12.2. The van der Waals surface area contributed by atoms with Gasteiger partial charge in [-0.2, -0.15) is 0 Å². The fourth-order valence-electron chi connectivity index (χ4n) is 6.04. The van der Waals surface area contributed by atoms with Crippen molar-refractivity contribution in [3.63, 3.8) is 0 Å². The van der Waals surface area contributed by atoms with E-state index in [1.54, 1.807) is 0 Å². The van der Waals surface area contributed by atoms with Crippen LogP contribution in [0.3, 0.4) is 0 Å². The highest BCUT2D eigenvalue weighted by Gasteiger charge is 2.31. The standard InChI is InChI=1S/C27H32F4.2H2/c1-2-3-17-4-6-18(7-5-17)19-8-10-20(11-9-19)22-15-25(30)27(26(31)16-22)21-12-13-23(28)24(29)14-21;;/h12-20H,2-11H2,1H3;2*1H. The maximum absolute atomic E-state index is 14.8. The van der Waals surface area contributed by atoms with Gasteiger partial charge in [0.2, 0.25) is 0 Å². The first-order valence-electron chi connectivity index (χ1n) is 11.9. The second-order valence-corrected chi connectivity index (χ2v) is 9.67. The van der Waals surface area contributed by atoms with Crippen molar-refractivity contribution in [2.45, 2.75) is 77.0 Å². The quantitative estimate of drug-likeness (QED) is 0.410. The van der Waals surface area contributed by atoms with Crippen molar-refractivity contribution < 1.29 is 20.4 Å². The molecule has 172 valence electrons. The molecule has 2 saturated carbocycles. The van der Waals surface area contributed by atoms with Crippen molar-refractivity contribution in [1.29, 1.82) is 0 Å². The Morgan fingerprint density at radius 1 is 0.710 bits per heavy atom. The first-order valence-corrected chi connectivity index (χ1v) is 11.9. The molecule has 2 fully saturated rings. The Morgan fingerprint density at radius 3 is 1.84 bits per heavy atom. The lowest BCUT2D eigenvalue weighted by Crippen LogP contribution is -2.25.